The first kappa shape index (κ1) is 28.7. The molecule has 9 nitrogen and oxygen atoms in total. The molecule has 0 saturated heterocycles. The summed E-state index contributed by atoms with van der Waals surface area (Å²) in [6.07, 6.45) is 1.13. The third-order valence-electron chi connectivity index (χ3n) is 6.01. The molecule has 0 spiro atoms. The normalized spacial score (nSPS) is 11.5. The van der Waals surface area contributed by atoms with Gasteiger partial charge in [0.15, 0.2) is 0 Å². The van der Waals surface area contributed by atoms with E-state index < -0.39 is 26.0 Å². The molecule has 0 heterocycles. The summed E-state index contributed by atoms with van der Waals surface area (Å²) in [6.45, 7) is 2.00. The van der Waals surface area contributed by atoms with Crippen molar-refractivity contribution in [1.82, 2.24) is 0 Å². The highest BCUT2D eigenvalue weighted by molar-refractivity contribution is 7.92. The van der Waals surface area contributed by atoms with Gasteiger partial charge in [0.1, 0.15) is 5.75 Å². The molecule has 0 bridgehead atoms. The molecule has 0 saturated carbocycles. The maximum absolute atomic E-state index is 12.9. The van der Waals surface area contributed by atoms with Crippen LogP contribution in [-0.4, -0.2) is 36.1 Å². The van der Waals surface area contributed by atoms with Crippen LogP contribution in [0.1, 0.15) is 21.5 Å². The molecular weight excluding hydrogens is 550 g/mol. The van der Waals surface area contributed by atoms with Crippen LogP contribution in [0.5, 0.6) is 5.75 Å². The molecule has 4 aromatic rings. The molecule has 1 amide bonds. The van der Waals surface area contributed by atoms with Gasteiger partial charge in [-0.15, -0.1) is 0 Å². The van der Waals surface area contributed by atoms with Gasteiger partial charge in [-0.1, -0.05) is 36.4 Å². The topological polar surface area (TPSA) is 122 Å². The van der Waals surface area contributed by atoms with Crippen molar-refractivity contribution in [2.75, 3.05) is 27.7 Å². The zero-order chi connectivity index (χ0) is 28.9. The largest absolute Gasteiger partial charge is 0.495 e. The lowest BCUT2D eigenvalue weighted by molar-refractivity contribution is 0.102. The minimum Gasteiger partial charge on any atom is -0.495 e. The number of nitrogens with one attached hydrogen (secondary N) is 2. The molecule has 0 unspecified atom stereocenters. The van der Waals surface area contributed by atoms with Crippen molar-refractivity contribution in [2.45, 2.75) is 18.4 Å². The fraction of sp³-hybridized carbons (Fsp3) is 0.138. The predicted octanol–water partition coefficient (Wildman–Crippen LogP) is 5.02. The second-order valence-corrected chi connectivity index (χ2v) is 12.7. The first-order valence-corrected chi connectivity index (χ1v) is 15.5. The second-order valence-electron chi connectivity index (χ2n) is 9.09. The molecule has 11 heteroatoms. The summed E-state index contributed by atoms with van der Waals surface area (Å²) < 4.78 is 59.7. The lowest BCUT2D eigenvalue weighted by atomic mass is 10.1. The van der Waals surface area contributed by atoms with Crippen molar-refractivity contribution >= 4 is 43.0 Å². The van der Waals surface area contributed by atoms with Gasteiger partial charge in [-0.2, -0.15) is 0 Å². The fourth-order valence-electron chi connectivity index (χ4n) is 3.95. The Bertz CT molecular complexity index is 1710. The molecule has 0 aliphatic heterocycles. The maximum atomic E-state index is 12.9. The van der Waals surface area contributed by atoms with E-state index in [0.29, 0.717) is 28.4 Å². The molecule has 0 radical (unpaired) electrons. The third kappa shape index (κ3) is 6.99. The highest BCUT2D eigenvalue weighted by Crippen LogP contribution is 2.28. The number of carbonyl (C=O) groups is 1. The van der Waals surface area contributed by atoms with Crippen LogP contribution in [0.3, 0.4) is 0 Å². The summed E-state index contributed by atoms with van der Waals surface area (Å²) in [5.41, 5.74) is 3.14. The molecule has 40 heavy (non-hydrogen) atoms. The van der Waals surface area contributed by atoms with Gasteiger partial charge >= 0.3 is 0 Å². The van der Waals surface area contributed by atoms with Crippen LogP contribution < -0.4 is 19.1 Å². The number of benzene rings is 4. The Morgan fingerprint density at radius 1 is 0.850 bits per heavy atom. The van der Waals surface area contributed by atoms with Crippen molar-refractivity contribution in [2.24, 2.45) is 0 Å². The predicted molar refractivity (Wildman–Crippen MR) is 157 cm³/mol. The number of anilines is 3. The lowest BCUT2D eigenvalue weighted by Gasteiger charge is -2.22. The first-order valence-electron chi connectivity index (χ1n) is 12.2. The Kier molecular flexibility index (Phi) is 8.46. The lowest BCUT2D eigenvalue weighted by Crippen LogP contribution is -2.29. The van der Waals surface area contributed by atoms with Crippen LogP contribution in [0.15, 0.2) is 102 Å². The van der Waals surface area contributed by atoms with Crippen LogP contribution in [-0.2, 0) is 26.6 Å². The zero-order valence-electron chi connectivity index (χ0n) is 22.2. The van der Waals surface area contributed by atoms with E-state index in [1.807, 2.05) is 43.3 Å². The number of carbonyl (C=O) groups excluding carboxylic acids is 1. The minimum atomic E-state index is -3.90. The van der Waals surface area contributed by atoms with Crippen molar-refractivity contribution in [3.8, 4) is 5.75 Å². The molecular formula is C29H29N3O6S2. The summed E-state index contributed by atoms with van der Waals surface area (Å²) >= 11 is 0. The number of rotatable bonds is 10. The summed E-state index contributed by atoms with van der Waals surface area (Å²) in [7, 11) is -6.01. The number of sulfonamides is 2. The van der Waals surface area contributed by atoms with Crippen molar-refractivity contribution in [3.63, 3.8) is 0 Å². The van der Waals surface area contributed by atoms with Crippen LogP contribution >= 0.6 is 0 Å². The number of methoxy groups -OCH3 is 1. The van der Waals surface area contributed by atoms with E-state index in [2.05, 4.69) is 10.0 Å². The van der Waals surface area contributed by atoms with E-state index >= 15 is 0 Å². The summed E-state index contributed by atoms with van der Waals surface area (Å²) in [6, 6.07) is 26.3. The van der Waals surface area contributed by atoms with Crippen LogP contribution in [0, 0.1) is 6.92 Å². The smallest absolute Gasteiger partial charge is 0.262 e. The van der Waals surface area contributed by atoms with Crippen molar-refractivity contribution in [1.29, 1.82) is 0 Å². The van der Waals surface area contributed by atoms with Gasteiger partial charge in [0, 0.05) is 11.3 Å². The van der Waals surface area contributed by atoms with Gasteiger partial charge in [0.2, 0.25) is 10.0 Å². The molecule has 0 aliphatic rings. The molecule has 4 aromatic carbocycles. The number of hydrogen-bond acceptors (Lipinski definition) is 6. The standard InChI is InChI=1S/C29H29N3O6S2/c1-21-9-18-28(38-2)27(19-21)31-40(36,37)26-16-12-24(13-17-26)30-29(33)23-10-14-25(15-11-23)32(39(3,34)35)20-22-7-5-4-6-8-22/h4-19,31H,20H2,1-3H3,(H,30,33). The highest BCUT2D eigenvalue weighted by Gasteiger charge is 2.19. The van der Waals surface area contributed by atoms with E-state index in [0.717, 1.165) is 17.4 Å². The number of aryl methyl sites for hydroxylation is 1. The van der Waals surface area contributed by atoms with Gasteiger partial charge in [0.25, 0.3) is 15.9 Å². The maximum Gasteiger partial charge on any atom is 0.262 e. The Morgan fingerprint density at radius 3 is 2.10 bits per heavy atom. The number of amides is 1. The third-order valence-corrected chi connectivity index (χ3v) is 8.53. The van der Waals surface area contributed by atoms with Gasteiger partial charge < -0.3 is 10.1 Å². The van der Waals surface area contributed by atoms with Crippen LogP contribution in [0.4, 0.5) is 17.1 Å². The molecule has 0 atom stereocenters. The van der Waals surface area contributed by atoms with E-state index in [9.17, 15) is 21.6 Å². The molecule has 2 N–H and O–H groups in total. The van der Waals surface area contributed by atoms with E-state index in [-0.39, 0.29) is 11.4 Å². The van der Waals surface area contributed by atoms with Gasteiger partial charge in [-0.3, -0.25) is 13.8 Å². The van der Waals surface area contributed by atoms with Gasteiger partial charge in [-0.05, 0) is 78.7 Å². The monoisotopic (exact) mass is 579 g/mol. The number of hydrogen-bond donors (Lipinski definition) is 2. The van der Waals surface area contributed by atoms with Crippen molar-refractivity contribution < 1.29 is 26.4 Å². The number of ether oxygens (including phenoxy) is 1. The Balaban J connectivity index is 1.45. The quantitative estimate of drug-likeness (QED) is 0.272. The van der Waals surface area contributed by atoms with Gasteiger partial charge in [-0.25, -0.2) is 16.8 Å². The van der Waals surface area contributed by atoms with E-state index in [1.54, 1.807) is 24.3 Å². The second kappa shape index (κ2) is 11.8. The Hall–Kier alpha value is -4.35. The number of nitrogens with zero attached hydrogens (tertiary/aromatic N) is 1. The van der Waals surface area contributed by atoms with Crippen molar-refractivity contribution in [3.05, 3.63) is 114 Å². The first-order chi connectivity index (χ1) is 19.0. The molecule has 0 aliphatic carbocycles. The van der Waals surface area contributed by atoms with E-state index in [4.69, 9.17) is 4.74 Å². The van der Waals surface area contributed by atoms with Crippen LogP contribution in [0.2, 0.25) is 0 Å². The van der Waals surface area contributed by atoms with Gasteiger partial charge in [0.05, 0.1) is 36.2 Å². The molecule has 208 valence electrons. The Labute approximate surface area is 234 Å². The summed E-state index contributed by atoms with van der Waals surface area (Å²) in [4.78, 5) is 12.8. The average molecular weight is 580 g/mol. The average Bonchev–Trinajstić information content (AvgIpc) is 2.92. The molecule has 0 fully saturated rings. The molecule has 0 aromatic heterocycles. The molecule has 4 rings (SSSR count). The zero-order valence-corrected chi connectivity index (χ0v) is 23.8. The minimum absolute atomic E-state index is 0.0118. The Morgan fingerprint density at radius 2 is 1.50 bits per heavy atom. The van der Waals surface area contributed by atoms with Crippen LogP contribution in [0.25, 0.3) is 0 Å². The summed E-state index contributed by atoms with van der Waals surface area (Å²) in [5.74, 6) is -0.0393. The highest BCUT2D eigenvalue weighted by atomic mass is 32.2. The van der Waals surface area contributed by atoms with E-state index in [1.165, 1.54) is 47.8 Å². The fourth-order valence-corrected chi connectivity index (χ4v) is 5.90. The summed E-state index contributed by atoms with van der Waals surface area (Å²) in [5, 5.41) is 2.73. The SMILES string of the molecule is COc1ccc(C)cc1NS(=O)(=O)c1ccc(NC(=O)c2ccc(N(Cc3ccccc3)S(C)(=O)=O)cc2)cc1.